The Kier molecular flexibility index (Phi) is 2.63. The zero-order valence-corrected chi connectivity index (χ0v) is 10.1. The molecular formula is C13H9F3N4. The summed E-state index contributed by atoms with van der Waals surface area (Å²) in [5, 5.41) is 4.40. The van der Waals surface area contributed by atoms with Crippen LogP contribution in [-0.4, -0.2) is 14.8 Å². The van der Waals surface area contributed by atoms with Crippen LogP contribution in [0, 0.1) is 0 Å². The van der Waals surface area contributed by atoms with Crippen molar-refractivity contribution in [1.29, 1.82) is 0 Å². The van der Waals surface area contributed by atoms with Gasteiger partial charge < -0.3 is 5.73 Å². The fourth-order valence-electron chi connectivity index (χ4n) is 1.99. The van der Waals surface area contributed by atoms with Crippen molar-refractivity contribution in [3.63, 3.8) is 0 Å². The average Bonchev–Trinajstić information content (AvgIpc) is 2.88. The highest BCUT2D eigenvalue weighted by atomic mass is 19.4. The predicted molar refractivity (Wildman–Crippen MR) is 68.3 cm³/mol. The predicted octanol–water partition coefficient (Wildman–Crippen LogP) is 3.02. The van der Waals surface area contributed by atoms with Crippen molar-refractivity contribution in [2.24, 2.45) is 0 Å². The molecule has 0 unspecified atom stereocenters. The van der Waals surface area contributed by atoms with Crippen LogP contribution >= 0.6 is 0 Å². The lowest BCUT2D eigenvalue weighted by Crippen LogP contribution is -2.04. The van der Waals surface area contributed by atoms with Crippen LogP contribution in [-0.2, 0) is 6.18 Å². The molecule has 3 aromatic rings. The zero-order valence-electron chi connectivity index (χ0n) is 10.1. The molecule has 0 aliphatic heterocycles. The number of alkyl halides is 3. The maximum atomic E-state index is 12.6. The second-order valence-electron chi connectivity index (χ2n) is 4.25. The standard InChI is InChI=1S/C13H9F3N4/c14-13(15,16)8-5-19-20(7-8)12-9-3-1-2-4-11(9)18-6-10(12)17/h1-7H,17H2. The van der Waals surface area contributed by atoms with Gasteiger partial charge in [-0.15, -0.1) is 0 Å². The molecule has 2 N–H and O–H groups in total. The highest BCUT2D eigenvalue weighted by Crippen LogP contribution is 2.31. The second-order valence-corrected chi connectivity index (χ2v) is 4.25. The van der Waals surface area contributed by atoms with E-state index in [0.29, 0.717) is 16.6 Å². The van der Waals surface area contributed by atoms with Crippen molar-refractivity contribution >= 4 is 16.6 Å². The van der Waals surface area contributed by atoms with Crippen LogP contribution in [0.4, 0.5) is 18.9 Å². The van der Waals surface area contributed by atoms with Crippen molar-refractivity contribution < 1.29 is 13.2 Å². The summed E-state index contributed by atoms with van der Waals surface area (Å²) in [5.74, 6) is 0. The van der Waals surface area contributed by atoms with Crippen molar-refractivity contribution in [3.05, 3.63) is 48.4 Å². The number of pyridine rings is 1. The summed E-state index contributed by atoms with van der Waals surface area (Å²) >= 11 is 0. The molecule has 20 heavy (non-hydrogen) atoms. The van der Waals surface area contributed by atoms with E-state index in [1.807, 2.05) is 0 Å². The highest BCUT2D eigenvalue weighted by Gasteiger charge is 2.32. The van der Waals surface area contributed by atoms with E-state index in [1.165, 1.54) is 6.20 Å². The summed E-state index contributed by atoms with van der Waals surface area (Å²) in [7, 11) is 0. The van der Waals surface area contributed by atoms with Crippen molar-refractivity contribution in [2.75, 3.05) is 5.73 Å². The Balaban J connectivity index is 2.24. The summed E-state index contributed by atoms with van der Waals surface area (Å²) in [6.45, 7) is 0. The van der Waals surface area contributed by atoms with Gasteiger partial charge in [0.1, 0.15) is 0 Å². The summed E-state index contributed by atoms with van der Waals surface area (Å²) in [5.41, 5.74) is 6.31. The lowest BCUT2D eigenvalue weighted by molar-refractivity contribution is -0.137. The molecule has 2 aromatic heterocycles. The van der Waals surface area contributed by atoms with Crippen molar-refractivity contribution in [2.45, 2.75) is 6.18 Å². The van der Waals surface area contributed by atoms with Crippen LogP contribution in [0.25, 0.3) is 16.6 Å². The highest BCUT2D eigenvalue weighted by molar-refractivity contribution is 5.91. The molecule has 0 saturated carbocycles. The number of halogens is 3. The molecule has 0 amide bonds. The molecule has 4 nitrogen and oxygen atoms in total. The molecule has 0 saturated heterocycles. The van der Waals surface area contributed by atoms with Crippen LogP contribution in [0.2, 0.25) is 0 Å². The fraction of sp³-hybridized carbons (Fsp3) is 0.0769. The Morgan fingerprint density at radius 3 is 2.55 bits per heavy atom. The largest absolute Gasteiger partial charge is 0.419 e. The monoisotopic (exact) mass is 278 g/mol. The number of anilines is 1. The van der Waals surface area contributed by atoms with Gasteiger partial charge in [-0.1, -0.05) is 18.2 Å². The van der Waals surface area contributed by atoms with Gasteiger partial charge in [0, 0.05) is 11.6 Å². The first-order chi connectivity index (χ1) is 9.47. The number of nitrogens with two attached hydrogens (primary N) is 1. The van der Waals surface area contributed by atoms with Crippen molar-refractivity contribution in [3.8, 4) is 5.69 Å². The number of nitrogen functional groups attached to an aromatic ring is 1. The first-order valence-electron chi connectivity index (χ1n) is 5.72. The first-order valence-corrected chi connectivity index (χ1v) is 5.72. The van der Waals surface area contributed by atoms with Crippen LogP contribution < -0.4 is 5.73 Å². The Morgan fingerprint density at radius 2 is 1.85 bits per heavy atom. The van der Waals surface area contributed by atoms with Gasteiger partial charge >= 0.3 is 6.18 Å². The second kappa shape index (κ2) is 4.22. The van der Waals surface area contributed by atoms with E-state index in [4.69, 9.17) is 5.73 Å². The van der Waals surface area contributed by atoms with E-state index in [0.717, 1.165) is 17.1 Å². The number of hydrogen-bond donors (Lipinski definition) is 1. The quantitative estimate of drug-likeness (QED) is 0.744. The fourth-order valence-corrected chi connectivity index (χ4v) is 1.99. The summed E-state index contributed by atoms with van der Waals surface area (Å²) in [6, 6.07) is 7.05. The minimum atomic E-state index is -4.43. The molecule has 102 valence electrons. The Hall–Kier alpha value is -2.57. The third-order valence-electron chi connectivity index (χ3n) is 2.91. The Labute approximate surface area is 111 Å². The SMILES string of the molecule is Nc1cnc2ccccc2c1-n1cc(C(F)(F)F)cn1. The first kappa shape index (κ1) is 12.5. The molecule has 0 aliphatic rings. The van der Waals surface area contributed by atoms with E-state index in [-0.39, 0.29) is 5.69 Å². The third-order valence-corrected chi connectivity index (χ3v) is 2.91. The van der Waals surface area contributed by atoms with E-state index >= 15 is 0 Å². The van der Waals surface area contributed by atoms with Crippen LogP contribution in [0.15, 0.2) is 42.9 Å². The molecule has 0 atom stereocenters. The topological polar surface area (TPSA) is 56.7 Å². The smallest absolute Gasteiger partial charge is 0.396 e. The lowest BCUT2D eigenvalue weighted by atomic mass is 10.1. The number of nitrogens with zero attached hydrogens (tertiary/aromatic N) is 3. The molecule has 0 bridgehead atoms. The Morgan fingerprint density at radius 1 is 1.10 bits per heavy atom. The van der Waals surface area contributed by atoms with E-state index in [2.05, 4.69) is 10.1 Å². The summed E-state index contributed by atoms with van der Waals surface area (Å²) in [6.07, 6.45) is -1.34. The van der Waals surface area contributed by atoms with Crippen LogP contribution in [0.1, 0.15) is 5.56 Å². The third kappa shape index (κ3) is 1.97. The molecule has 0 fully saturated rings. The zero-order chi connectivity index (χ0) is 14.3. The van der Waals surface area contributed by atoms with Crippen LogP contribution in [0.3, 0.4) is 0 Å². The number of benzene rings is 1. The van der Waals surface area contributed by atoms with Gasteiger partial charge in [0.15, 0.2) is 0 Å². The minimum absolute atomic E-state index is 0.264. The van der Waals surface area contributed by atoms with Gasteiger partial charge in [-0.05, 0) is 6.07 Å². The molecule has 0 aliphatic carbocycles. The van der Waals surface area contributed by atoms with Gasteiger partial charge in [0.2, 0.25) is 0 Å². The Bertz CT molecular complexity index is 777. The van der Waals surface area contributed by atoms with Gasteiger partial charge in [0.05, 0.1) is 34.8 Å². The average molecular weight is 278 g/mol. The molecule has 7 heteroatoms. The van der Waals surface area contributed by atoms with Gasteiger partial charge in [-0.2, -0.15) is 18.3 Å². The summed E-state index contributed by atoms with van der Waals surface area (Å²) < 4.78 is 39.0. The normalized spacial score (nSPS) is 11.9. The van der Waals surface area contributed by atoms with E-state index in [1.54, 1.807) is 24.3 Å². The molecule has 0 radical (unpaired) electrons. The van der Waals surface area contributed by atoms with Gasteiger partial charge in [-0.25, -0.2) is 4.68 Å². The molecule has 3 rings (SSSR count). The lowest BCUT2D eigenvalue weighted by Gasteiger charge is -2.09. The number of hydrogen-bond acceptors (Lipinski definition) is 3. The molecule has 0 spiro atoms. The van der Waals surface area contributed by atoms with Gasteiger partial charge in [0.25, 0.3) is 0 Å². The van der Waals surface area contributed by atoms with Gasteiger partial charge in [-0.3, -0.25) is 4.98 Å². The minimum Gasteiger partial charge on any atom is -0.396 e. The summed E-state index contributed by atoms with van der Waals surface area (Å²) in [4.78, 5) is 4.13. The number of fused-ring (bicyclic) bond motifs is 1. The maximum Gasteiger partial charge on any atom is 0.419 e. The molecule has 1 aromatic carbocycles. The van der Waals surface area contributed by atoms with Crippen LogP contribution in [0.5, 0.6) is 0 Å². The van der Waals surface area contributed by atoms with E-state index in [9.17, 15) is 13.2 Å². The molecular weight excluding hydrogens is 269 g/mol. The number of para-hydroxylation sites is 1. The van der Waals surface area contributed by atoms with E-state index < -0.39 is 11.7 Å². The molecule has 2 heterocycles. The van der Waals surface area contributed by atoms with Crippen molar-refractivity contribution in [1.82, 2.24) is 14.8 Å². The number of rotatable bonds is 1. The number of aromatic nitrogens is 3. The maximum absolute atomic E-state index is 12.6.